The molecular formula is C17H21ClF3N3O3. The lowest BCUT2D eigenvalue weighted by Crippen LogP contribution is -2.12. The molecule has 0 bridgehead atoms. The third kappa shape index (κ3) is 4.98. The lowest BCUT2D eigenvalue weighted by Gasteiger charge is -2.12. The van der Waals surface area contributed by atoms with Crippen LogP contribution in [0.25, 0.3) is 0 Å². The van der Waals surface area contributed by atoms with Crippen LogP contribution in [0.15, 0.2) is 12.1 Å². The SMILES string of the molecule is Cc1c(COCCC(C)C)c(O)n(Nc2ccc(C(F)(F)F)c(Cl)n2)c1O. The van der Waals surface area contributed by atoms with E-state index in [4.69, 9.17) is 16.3 Å². The van der Waals surface area contributed by atoms with Gasteiger partial charge in [-0.25, -0.2) is 4.98 Å². The maximum Gasteiger partial charge on any atom is 0.419 e. The molecule has 0 aliphatic rings. The molecule has 0 spiro atoms. The second kappa shape index (κ2) is 8.26. The monoisotopic (exact) mass is 407 g/mol. The number of nitrogens with zero attached hydrogens (tertiary/aromatic N) is 2. The van der Waals surface area contributed by atoms with Crippen LogP contribution >= 0.6 is 11.6 Å². The predicted octanol–water partition coefficient (Wildman–Crippen LogP) is 4.71. The van der Waals surface area contributed by atoms with Crippen molar-refractivity contribution in [1.29, 1.82) is 0 Å². The zero-order valence-electron chi connectivity index (χ0n) is 15.1. The molecule has 0 radical (unpaired) electrons. The highest BCUT2D eigenvalue weighted by atomic mass is 35.5. The van der Waals surface area contributed by atoms with Gasteiger partial charge < -0.3 is 14.9 Å². The van der Waals surface area contributed by atoms with E-state index >= 15 is 0 Å². The van der Waals surface area contributed by atoms with Crippen LogP contribution in [0.3, 0.4) is 0 Å². The molecule has 0 fully saturated rings. The Morgan fingerprint density at radius 1 is 1.26 bits per heavy atom. The van der Waals surface area contributed by atoms with Crippen LogP contribution in [0.1, 0.15) is 37.0 Å². The zero-order valence-corrected chi connectivity index (χ0v) is 15.8. The number of pyridine rings is 1. The lowest BCUT2D eigenvalue weighted by molar-refractivity contribution is -0.137. The Bertz CT molecular complexity index is 807. The predicted molar refractivity (Wildman–Crippen MR) is 94.9 cm³/mol. The van der Waals surface area contributed by atoms with Gasteiger partial charge in [0.05, 0.1) is 12.2 Å². The molecule has 0 aliphatic carbocycles. The van der Waals surface area contributed by atoms with Gasteiger partial charge in [0.1, 0.15) is 11.0 Å². The molecule has 6 nitrogen and oxygen atoms in total. The highest BCUT2D eigenvalue weighted by Gasteiger charge is 2.34. The molecule has 2 aromatic rings. The zero-order chi connectivity index (χ0) is 20.4. The third-order valence-electron chi connectivity index (χ3n) is 3.95. The van der Waals surface area contributed by atoms with E-state index in [9.17, 15) is 23.4 Å². The van der Waals surface area contributed by atoms with Crippen LogP contribution in [0.2, 0.25) is 5.15 Å². The van der Waals surface area contributed by atoms with Crippen molar-refractivity contribution in [1.82, 2.24) is 9.66 Å². The number of aromatic hydroxyl groups is 2. The van der Waals surface area contributed by atoms with Crippen molar-refractivity contribution in [3.63, 3.8) is 0 Å². The summed E-state index contributed by atoms with van der Waals surface area (Å²) in [7, 11) is 0. The Morgan fingerprint density at radius 3 is 2.48 bits per heavy atom. The van der Waals surface area contributed by atoms with Gasteiger partial charge in [0.2, 0.25) is 11.8 Å². The standard InChI is InChI=1S/C17H21ClF3N3O3/c1-9(2)6-7-27-8-11-10(3)15(25)24(16(11)26)23-13-5-4-12(14(18)22-13)17(19,20)21/h4-5,9,25-26H,6-8H2,1-3H3,(H,22,23). The molecule has 27 heavy (non-hydrogen) atoms. The molecule has 0 unspecified atom stereocenters. The van der Waals surface area contributed by atoms with Crippen molar-refractivity contribution in [2.45, 2.75) is 40.0 Å². The smallest absolute Gasteiger partial charge is 0.419 e. The van der Waals surface area contributed by atoms with E-state index in [2.05, 4.69) is 24.3 Å². The van der Waals surface area contributed by atoms with Crippen molar-refractivity contribution >= 4 is 17.4 Å². The van der Waals surface area contributed by atoms with Gasteiger partial charge in [-0.1, -0.05) is 25.4 Å². The fraction of sp³-hybridized carbons (Fsp3) is 0.471. The van der Waals surface area contributed by atoms with Crippen LogP contribution in [0.5, 0.6) is 11.8 Å². The number of ether oxygens (including phenoxy) is 1. The Labute approximate surface area is 159 Å². The molecule has 150 valence electrons. The summed E-state index contributed by atoms with van der Waals surface area (Å²) in [6.07, 6.45) is -3.78. The lowest BCUT2D eigenvalue weighted by atomic mass is 10.1. The first-order valence-corrected chi connectivity index (χ1v) is 8.60. The third-order valence-corrected chi connectivity index (χ3v) is 4.24. The highest BCUT2D eigenvalue weighted by Crippen LogP contribution is 2.36. The Morgan fingerprint density at radius 2 is 1.93 bits per heavy atom. The topological polar surface area (TPSA) is 79.5 Å². The minimum absolute atomic E-state index is 0.0772. The average molecular weight is 408 g/mol. The van der Waals surface area contributed by atoms with Gasteiger partial charge in [0, 0.05) is 17.7 Å². The van der Waals surface area contributed by atoms with Gasteiger partial charge in [0.15, 0.2) is 0 Å². The number of nitrogens with one attached hydrogen (secondary N) is 1. The first-order valence-electron chi connectivity index (χ1n) is 8.23. The van der Waals surface area contributed by atoms with Crippen LogP contribution in [0, 0.1) is 12.8 Å². The van der Waals surface area contributed by atoms with Gasteiger partial charge >= 0.3 is 6.18 Å². The maximum atomic E-state index is 12.7. The number of hydrogen-bond acceptors (Lipinski definition) is 5. The van der Waals surface area contributed by atoms with Crippen molar-refractivity contribution < 1.29 is 28.1 Å². The Balaban J connectivity index is 2.20. The van der Waals surface area contributed by atoms with Crippen LogP contribution in [-0.4, -0.2) is 26.5 Å². The molecule has 0 aromatic carbocycles. The summed E-state index contributed by atoms with van der Waals surface area (Å²) in [5.41, 5.74) is 2.19. The minimum Gasteiger partial charge on any atom is -0.493 e. The Hall–Kier alpha value is -2.13. The minimum atomic E-state index is -4.63. The van der Waals surface area contributed by atoms with Gasteiger partial charge in [-0.2, -0.15) is 17.8 Å². The van der Waals surface area contributed by atoms with E-state index in [0.29, 0.717) is 23.7 Å². The molecular weight excluding hydrogens is 387 g/mol. The van der Waals surface area contributed by atoms with Crippen LogP contribution in [-0.2, 0) is 17.5 Å². The highest BCUT2D eigenvalue weighted by molar-refractivity contribution is 6.30. The molecule has 10 heteroatoms. The van der Waals surface area contributed by atoms with E-state index < -0.39 is 16.9 Å². The summed E-state index contributed by atoms with van der Waals surface area (Å²) < 4.78 is 44.6. The number of anilines is 1. The van der Waals surface area contributed by atoms with Crippen molar-refractivity contribution in [2.24, 2.45) is 5.92 Å². The summed E-state index contributed by atoms with van der Waals surface area (Å²) in [6.45, 7) is 6.27. The summed E-state index contributed by atoms with van der Waals surface area (Å²) in [6, 6.07) is 1.81. The Kier molecular flexibility index (Phi) is 6.48. The first kappa shape index (κ1) is 21.2. The van der Waals surface area contributed by atoms with Crippen molar-refractivity contribution in [3.8, 4) is 11.8 Å². The molecule has 0 aliphatic heterocycles. The number of alkyl halides is 3. The van der Waals surface area contributed by atoms with Gasteiger partial charge in [-0.3, -0.25) is 5.43 Å². The molecule has 0 amide bonds. The van der Waals surface area contributed by atoms with E-state index in [0.717, 1.165) is 23.2 Å². The van der Waals surface area contributed by atoms with Crippen LogP contribution < -0.4 is 5.43 Å². The first-order chi connectivity index (χ1) is 12.5. The molecule has 2 aromatic heterocycles. The van der Waals surface area contributed by atoms with E-state index in [1.165, 1.54) is 0 Å². The van der Waals surface area contributed by atoms with Gasteiger partial charge in [-0.05, 0) is 31.4 Å². The van der Waals surface area contributed by atoms with E-state index in [1.54, 1.807) is 6.92 Å². The normalized spacial score (nSPS) is 12.0. The molecule has 2 heterocycles. The van der Waals surface area contributed by atoms with Gasteiger partial charge in [-0.15, -0.1) is 0 Å². The summed E-state index contributed by atoms with van der Waals surface area (Å²) >= 11 is 5.58. The molecule has 2 rings (SSSR count). The van der Waals surface area contributed by atoms with Crippen LogP contribution in [0.4, 0.5) is 19.0 Å². The largest absolute Gasteiger partial charge is 0.493 e. The summed E-state index contributed by atoms with van der Waals surface area (Å²) in [5.74, 6) is -0.254. The molecule has 0 saturated heterocycles. The van der Waals surface area contributed by atoms with E-state index in [1.807, 2.05) is 0 Å². The molecule has 3 N–H and O–H groups in total. The van der Waals surface area contributed by atoms with Gasteiger partial charge in [0.25, 0.3) is 0 Å². The maximum absolute atomic E-state index is 12.7. The quantitative estimate of drug-likeness (QED) is 0.457. The fourth-order valence-electron chi connectivity index (χ4n) is 2.30. The summed E-state index contributed by atoms with van der Waals surface area (Å²) in [5, 5.41) is 19.8. The summed E-state index contributed by atoms with van der Waals surface area (Å²) in [4.78, 5) is 3.61. The molecule has 0 atom stereocenters. The average Bonchev–Trinajstić information content (AvgIpc) is 2.74. The number of rotatable bonds is 7. The van der Waals surface area contributed by atoms with Crippen molar-refractivity contribution in [3.05, 3.63) is 34.0 Å². The fourth-order valence-corrected chi connectivity index (χ4v) is 2.56. The van der Waals surface area contributed by atoms with E-state index in [-0.39, 0.29) is 24.2 Å². The number of aromatic nitrogens is 2. The second-order valence-corrected chi connectivity index (χ2v) is 6.82. The second-order valence-electron chi connectivity index (χ2n) is 6.47. The van der Waals surface area contributed by atoms with Crippen molar-refractivity contribution in [2.75, 3.05) is 12.0 Å². The number of hydrogen-bond donors (Lipinski definition) is 3. The number of halogens is 4. The molecule has 0 saturated carbocycles.